The fourth-order valence-electron chi connectivity index (χ4n) is 2.59. The van der Waals surface area contributed by atoms with Crippen LogP contribution >= 0.6 is 0 Å². The van der Waals surface area contributed by atoms with Crippen LogP contribution in [0.25, 0.3) is 0 Å². The van der Waals surface area contributed by atoms with Gasteiger partial charge in [-0.2, -0.15) is 0 Å². The quantitative estimate of drug-likeness (QED) is 0.787. The molecule has 0 amide bonds. The molecular weight excluding hydrogens is 236 g/mol. The molecule has 0 unspecified atom stereocenters. The summed E-state index contributed by atoms with van der Waals surface area (Å²) in [5, 5.41) is 3.56. The van der Waals surface area contributed by atoms with Gasteiger partial charge in [0.1, 0.15) is 5.75 Å². The summed E-state index contributed by atoms with van der Waals surface area (Å²) in [5.74, 6) is 0.930. The van der Waals surface area contributed by atoms with Crippen LogP contribution in [0.2, 0.25) is 0 Å². The Bertz CT molecular complexity index is 386. The lowest BCUT2D eigenvalue weighted by Gasteiger charge is -2.31. The Morgan fingerprint density at radius 2 is 2.00 bits per heavy atom. The van der Waals surface area contributed by atoms with Gasteiger partial charge in [-0.3, -0.25) is 0 Å². The average Bonchev–Trinajstić information content (AvgIpc) is 2.48. The first-order chi connectivity index (χ1) is 9.35. The van der Waals surface area contributed by atoms with Crippen LogP contribution in [0.5, 0.6) is 5.75 Å². The van der Waals surface area contributed by atoms with Crippen molar-refractivity contribution in [2.75, 3.05) is 37.0 Å². The van der Waals surface area contributed by atoms with Gasteiger partial charge in [0.05, 0.1) is 18.5 Å². The Kier molecular flexibility index (Phi) is 5.37. The minimum atomic E-state index is 0.930. The van der Waals surface area contributed by atoms with E-state index in [1.165, 1.54) is 56.6 Å². The summed E-state index contributed by atoms with van der Waals surface area (Å²) in [6, 6.07) is 6.38. The molecule has 1 fully saturated rings. The van der Waals surface area contributed by atoms with E-state index in [1.807, 2.05) is 0 Å². The monoisotopic (exact) mass is 262 g/mol. The predicted octanol–water partition coefficient (Wildman–Crippen LogP) is 3.90. The van der Waals surface area contributed by atoms with Crippen LogP contribution in [-0.2, 0) is 0 Å². The van der Waals surface area contributed by atoms with Crippen molar-refractivity contribution in [2.24, 2.45) is 0 Å². The maximum atomic E-state index is 5.34. The van der Waals surface area contributed by atoms with Crippen molar-refractivity contribution in [1.29, 1.82) is 0 Å². The number of benzene rings is 1. The Morgan fingerprint density at radius 3 is 2.68 bits per heavy atom. The highest BCUT2D eigenvalue weighted by molar-refractivity contribution is 5.72. The lowest BCUT2D eigenvalue weighted by atomic mass is 10.1. The summed E-state index contributed by atoms with van der Waals surface area (Å²) in [6.45, 7) is 5.60. The van der Waals surface area contributed by atoms with Gasteiger partial charge in [0.2, 0.25) is 0 Å². The van der Waals surface area contributed by atoms with E-state index in [0.29, 0.717) is 0 Å². The van der Waals surface area contributed by atoms with Gasteiger partial charge in [-0.15, -0.1) is 0 Å². The Hall–Kier alpha value is -1.38. The van der Waals surface area contributed by atoms with E-state index < -0.39 is 0 Å². The summed E-state index contributed by atoms with van der Waals surface area (Å²) in [6.07, 6.45) is 6.40. The molecular formula is C16H26N2O. The molecule has 1 heterocycles. The number of ether oxygens (including phenoxy) is 1. The van der Waals surface area contributed by atoms with Gasteiger partial charge < -0.3 is 15.0 Å². The second kappa shape index (κ2) is 7.27. The van der Waals surface area contributed by atoms with Crippen molar-refractivity contribution < 1.29 is 4.74 Å². The van der Waals surface area contributed by atoms with Crippen molar-refractivity contribution in [2.45, 2.75) is 39.0 Å². The highest BCUT2D eigenvalue weighted by Gasteiger charge is 2.14. The van der Waals surface area contributed by atoms with Gasteiger partial charge in [0.15, 0.2) is 0 Å². The summed E-state index contributed by atoms with van der Waals surface area (Å²) in [7, 11) is 1.73. The van der Waals surface area contributed by atoms with Crippen LogP contribution in [0.1, 0.15) is 39.0 Å². The maximum Gasteiger partial charge on any atom is 0.121 e. The first kappa shape index (κ1) is 14.0. The smallest absolute Gasteiger partial charge is 0.121 e. The van der Waals surface area contributed by atoms with E-state index in [0.717, 1.165) is 12.3 Å². The first-order valence-electron chi connectivity index (χ1n) is 7.52. The van der Waals surface area contributed by atoms with Crippen LogP contribution in [-0.4, -0.2) is 26.7 Å². The zero-order valence-electron chi connectivity index (χ0n) is 12.2. The first-order valence-corrected chi connectivity index (χ1v) is 7.52. The molecule has 3 heteroatoms. The molecule has 1 N–H and O–H groups in total. The number of nitrogens with one attached hydrogen (secondary N) is 1. The second-order valence-corrected chi connectivity index (χ2v) is 5.21. The molecule has 0 atom stereocenters. The summed E-state index contributed by atoms with van der Waals surface area (Å²) in [4.78, 5) is 2.50. The zero-order valence-corrected chi connectivity index (χ0v) is 12.2. The molecule has 0 aromatic heterocycles. The van der Waals surface area contributed by atoms with Gasteiger partial charge >= 0.3 is 0 Å². The minimum absolute atomic E-state index is 0.930. The Labute approximate surface area is 116 Å². The SMILES string of the molecule is CCCCNc1cc(OC)ccc1N1CCCCC1. The molecule has 3 nitrogen and oxygen atoms in total. The van der Waals surface area contributed by atoms with Gasteiger partial charge in [0.25, 0.3) is 0 Å². The normalized spacial score (nSPS) is 15.4. The third-order valence-electron chi connectivity index (χ3n) is 3.75. The number of rotatable bonds is 6. The van der Waals surface area contributed by atoms with E-state index in [4.69, 9.17) is 4.74 Å². The number of anilines is 2. The van der Waals surface area contributed by atoms with E-state index in [2.05, 4.69) is 35.3 Å². The largest absolute Gasteiger partial charge is 0.497 e. The van der Waals surface area contributed by atoms with E-state index >= 15 is 0 Å². The molecule has 0 spiro atoms. The van der Waals surface area contributed by atoms with Crippen molar-refractivity contribution in [3.8, 4) is 5.75 Å². The number of hydrogen-bond acceptors (Lipinski definition) is 3. The maximum absolute atomic E-state index is 5.34. The molecule has 19 heavy (non-hydrogen) atoms. The molecule has 1 aromatic rings. The zero-order chi connectivity index (χ0) is 13.5. The van der Waals surface area contributed by atoms with Crippen LogP contribution < -0.4 is 15.0 Å². The Morgan fingerprint density at radius 1 is 1.21 bits per heavy atom. The van der Waals surface area contributed by atoms with E-state index in [-0.39, 0.29) is 0 Å². The molecule has 0 aliphatic carbocycles. The van der Waals surface area contributed by atoms with Gasteiger partial charge in [-0.25, -0.2) is 0 Å². The molecule has 1 aliphatic heterocycles. The van der Waals surface area contributed by atoms with Crippen molar-refractivity contribution in [3.63, 3.8) is 0 Å². The van der Waals surface area contributed by atoms with Gasteiger partial charge in [-0.05, 0) is 37.8 Å². The van der Waals surface area contributed by atoms with Crippen LogP contribution in [0, 0.1) is 0 Å². The summed E-state index contributed by atoms with van der Waals surface area (Å²) in [5.41, 5.74) is 2.55. The predicted molar refractivity (Wildman–Crippen MR) is 82.5 cm³/mol. The highest BCUT2D eigenvalue weighted by atomic mass is 16.5. The molecule has 1 aromatic carbocycles. The Balaban J connectivity index is 2.14. The number of piperidine rings is 1. The fourth-order valence-corrected chi connectivity index (χ4v) is 2.59. The van der Waals surface area contributed by atoms with E-state index in [1.54, 1.807) is 7.11 Å². The molecule has 1 saturated heterocycles. The van der Waals surface area contributed by atoms with Gasteiger partial charge in [-0.1, -0.05) is 13.3 Å². The number of nitrogens with zero attached hydrogens (tertiary/aromatic N) is 1. The molecule has 0 bridgehead atoms. The molecule has 2 rings (SSSR count). The van der Waals surface area contributed by atoms with Crippen LogP contribution in [0.3, 0.4) is 0 Å². The number of methoxy groups -OCH3 is 1. The van der Waals surface area contributed by atoms with E-state index in [9.17, 15) is 0 Å². The highest BCUT2D eigenvalue weighted by Crippen LogP contribution is 2.32. The van der Waals surface area contributed by atoms with Crippen molar-refractivity contribution >= 4 is 11.4 Å². The van der Waals surface area contributed by atoms with Crippen LogP contribution in [0.15, 0.2) is 18.2 Å². The topological polar surface area (TPSA) is 24.5 Å². The molecule has 106 valence electrons. The van der Waals surface area contributed by atoms with Crippen molar-refractivity contribution in [1.82, 2.24) is 0 Å². The average molecular weight is 262 g/mol. The second-order valence-electron chi connectivity index (χ2n) is 5.21. The van der Waals surface area contributed by atoms with Crippen molar-refractivity contribution in [3.05, 3.63) is 18.2 Å². The molecule has 1 aliphatic rings. The van der Waals surface area contributed by atoms with Crippen LogP contribution in [0.4, 0.5) is 11.4 Å². The lowest BCUT2D eigenvalue weighted by molar-refractivity contribution is 0.415. The number of unbranched alkanes of at least 4 members (excludes halogenated alkanes) is 1. The lowest BCUT2D eigenvalue weighted by Crippen LogP contribution is -2.30. The molecule has 0 saturated carbocycles. The fraction of sp³-hybridized carbons (Fsp3) is 0.625. The summed E-state index contributed by atoms with van der Waals surface area (Å²) < 4.78 is 5.34. The summed E-state index contributed by atoms with van der Waals surface area (Å²) >= 11 is 0. The minimum Gasteiger partial charge on any atom is -0.497 e. The molecule has 0 radical (unpaired) electrons. The number of hydrogen-bond donors (Lipinski definition) is 1. The third-order valence-corrected chi connectivity index (χ3v) is 3.75. The third kappa shape index (κ3) is 3.79. The standard InChI is InChI=1S/C16H26N2O/c1-3-4-10-17-15-13-14(19-2)8-9-16(15)18-11-6-5-7-12-18/h8-9,13,17H,3-7,10-12H2,1-2H3. The van der Waals surface area contributed by atoms with Gasteiger partial charge in [0, 0.05) is 25.7 Å².